The van der Waals surface area contributed by atoms with Gasteiger partial charge in [0.1, 0.15) is 11.9 Å². The molecule has 0 saturated carbocycles. The van der Waals surface area contributed by atoms with Gasteiger partial charge in [0.25, 0.3) is 0 Å². The Balaban J connectivity index is 2.23. The fourth-order valence-electron chi connectivity index (χ4n) is 2.47. The van der Waals surface area contributed by atoms with Gasteiger partial charge in [0, 0.05) is 11.9 Å². The van der Waals surface area contributed by atoms with Gasteiger partial charge in [-0.15, -0.1) is 0 Å². The topological polar surface area (TPSA) is 61.2 Å². The maximum Gasteiger partial charge on any atom is 0.220 e. The number of allylic oxidation sites excluding steroid dienone is 1. The third-order valence-electron chi connectivity index (χ3n) is 3.74. The molecular formula is C17H13FN2O2S. The van der Waals surface area contributed by atoms with E-state index >= 15 is 0 Å². The Kier molecular flexibility index (Phi) is 3.66. The molecule has 0 amide bonds. The first-order chi connectivity index (χ1) is 11.0. The lowest BCUT2D eigenvalue weighted by molar-refractivity contribution is 0.596. The summed E-state index contributed by atoms with van der Waals surface area (Å²) in [6, 6.07) is 12.8. The molecule has 0 unspecified atom stereocenters. The van der Waals surface area contributed by atoms with Gasteiger partial charge in [-0.2, -0.15) is 5.26 Å². The quantitative estimate of drug-likeness (QED) is 0.844. The number of sulfone groups is 1. The molecular weight excluding hydrogens is 315 g/mol. The molecule has 1 aliphatic heterocycles. The Bertz CT molecular complexity index is 942. The predicted octanol–water partition coefficient (Wildman–Crippen LogP) is 3.68. The molecule has 3 rings (SSSR count). The van der Waals surface area contributed by atoms with Gasteiger partial charge >= 0.3 is 0 Å². The number of fused-ring (bicyclic) bond motifs is 1. The van der Waals surface area contributed by atoms with E-state index in [1.165, 1.54) is 18.3 Å². The zero-order valence-corrected chi connectivity index (χ0v) is 13.1. The minimum Gasteiger partial charge on any atom is -0.314 e. The van der Waals surface area contributed by atoms with Crippen LogP contribution in [0.3, 0.4) is 0 Å². The van der Waals surface area contributed by atoms with Crippen molar-refractivity contribution in [2.24, 2.45) is 0 Å². The molecule has 6 heteroatoms. The molecule has 0 aromatic heterocycles. The molecule has 0 bridgehead atoms. The number of halogens is 1. The number of benzene rings is 2. The average molecular weight is 328 g/mol. The Morgan fingerprint density at radius 1 is 1.17 bits per heavy atom. The molecule has 0 spiro atoms. The van der Waals surface area contributed by atoms with E-state index in [9.17, 15) is 12.8 Å². The highest BCUT2D eigenvalue weighted by atomic mass is 32.2. The molecule has 1 aliphatic rings. The highest BCUT2D eigenvalue weighted by Crippen LogP contribution is 2.39. The number of nitriles is 1. The van der Waals surface area contributed by atoms with Gasteiger partial charge in [-0.25, -0.2) is 12.8 Å². The van der Waals surface area contributed by atoms with Crippen molar-refractivity contribution in [1.82, 2.24) is 0 Å². The molecule has 23 heavy (non-hydrogen) atoms. The average Bonchev–Trinajstić information content (AvgIpc) is 2.56. The Morgan fingerprint density at radius 2 is 1.87 bits per heavy atom. The second kappa shape index (κ2) is 5.52. The van der Waals surface area contributed by atoms with Gasteiger partial charge in [-0.1, -0.05) is 19.1 Å². The number of aryl methyl sites for hydroxylation is 1. The second-order valence-corrected chi connectivity index (χ2v) is 7.00. The summed E-state index contributed by atoms with van der Waals surface area (Å²) in [5, 5.41) is 9.15. The summed E-state index contributed by atoms with van der Waals surface area (Å²) in [6.07, 6.45) is 2.16. The van der Waals surface area contributed by atoms with Crippen molar-refractivity contribution in [1.29, 1.82) is 5.26 Å². The molecule has 2 aromatic carbocycles. The normalized spacial score (nSPS) is 15.5. The van der Waals surface area contributed by atoms with Gasteiger partial charge in [0.2, 0.25) is 9.84 Å². The molecule has 0 aliphatic carbocycles. The van der Waals surface area contributed by atoms with Crippen molar-refractivity contribution < 1.29 is 12.8 Å². The van der Waals surface area contributed by atoms with Gasteiger partial charge in [-0.05, 0) is 42.3 Å². The van der Waals surface area contributed by atoms with Crippen LogP contribution in [0.4, 0.5) is 15.8 Å². The SMILES string of the molecule is CCc1ccc(N2C=C(C#N)S(=O)(=O)c3cc(F)ccc32)cc1. The molecule has 116 valence electrons. The van der Waals surface area contributed by atoms with Crippen LogP contribution in [0.15, 0.2) is 58.5 Å². The summed E-state index contributed by atoms with van der Waals surface area (Å²) in [6.45, 7) is 2.04. The van der Waals surface area contributed by atoms with Crippen molar-refractivity contribution in [2.75, 3.05) is 4.90 Å². The van der Waals surface area contributed by atoms with E-state index in [1.54, 1.807) is 11.0 Å². The van der Waals surface area contributed by atoms with Gasteiger partial charge in [0.05, 0.1) is 10.6 Å². The van der Waals surface area contributed by atoms with Gasteiger partial charge < -0.3 is 4.90 Å². The van der Waals surface area contributed by atoms with Gasteiger partial charge in [-0.3, -0.25) is 0 Å². The van der Waals surface area contributed by atoms with Crippen molar-refractivity contribution >= 4 is 21.2 Å². The minimum atomic E-state index is -3.99. The van der Waals surface area contributed by atoms with Crippen LogP contribution in [0.5, 0.6) is 0 Å². The lowest BCUT2D eigenvalue weighted by Crippen LogP contribution is -2.21. The molecule has 1 heterocycles. The summed E-state index contributed by atoms with van der Waals surface area (Å²) in [4.78, 5) is 0.986. The van der Waals surface area contributed by atoms with Crippen molar-refractivity contribution in [3.05, 3.63) is 65.0 Å². The second-order valence-electron chi connectivity index (χ2n) is 5.11. The van der Waals surface area contributed by atoms with E-state index in [2.05, 4.69) is 0 Å². The summed E-state index contributed by atoms with van der Waals surface area (Å²) in [7, 11) is -3.99. The van der Waals surface area contributed by atoms with Crippen LogP contribution in [0.2, 0.25) is 0 Å². The summed E-state index contributed by atoms with van der Waals surface area (Å²) in [5.74, 6) is -0.659. The zero-order valence-electron chi connectivity index (χ0n) is 12.3. The van der Waals surface area contributed by atoms with Gasteiger partial charge in [0.15, 0.2) is 4.91 Å². The fourth-order valence-corrected chi connectivity index (χ4v) is 3.78. The lowest BCUT2D eigenvalue weighted by Gasteiger charge is -2.27. The minimum absolute atomic E-state index is 0.198. The number of hydrogen-bond acceptors (Lipinski definition) is 4. The summed E-state index contributed by atoms with van der Waals surface area (Å²) < 4.78 is 38.3. The monoisotopic (exact) mass is 328 g/mol. The molecule has 4 nitrogen and oxygen atoms in total. The Labute approximate surface area is 134 Å². The maximum absolute atomic E-state index is 13.5. The first-order valence-electron chi connectivity index (χ1n) is 7.02. The first-order valence-corrected chi connectivity index (χ1v) is 8.50. The Morgan fingerprint density at radius 3 is 2.48 bits per heavy atom. The third kappa shape index (κ3) is 2.49. The highest BCUT2D eigenvalue weighted by Gasteiger charge is 2.32. The highest BCUT2D eigenvalue weighted by molar-refractivity contribution is 7.95. The molecule has 0 atom stereocenters. The predicted molar refractivity (Wildman–Crippen MR) is 85.2 cm³/mol. The van der Waals surface area contributed by atoms with E-state index in [1.807, 2.05) is 31.2 Å². The van der Waals surface area contributed by atoms with Crippen molar-refractivity contribution in [3.8, 4) is 6.07 Å². The number of nitrogens with zero attached hydrogens (tertiary/aromatic N) is 2. The molecule has 2 aromatic rings. The maximum atomic E-state index is 13.5. The lowest BCUT2D eigenvalue weighted by atomic mass is 10.1. The smallest absolute Gasteiger partial charge is 0.220 e. The van der Waals surface area contributed by atoms with E-state index in [0.717, 1.165) is 18.1 Å². The van der Waals surface area contributed by atoms with Crippen LogP contribution in [-0.2, 0) is 16.3 Å². The summed E-state index contributed by atoms with van der Waals surface area (Å²) >= 11 is 0. The van der Waals surface area contributed by atoms with E-state index < -0.39 is 20.6 Å². The molecule has 0 N–H and O–H groups in total. The summed E-state index contributed by atoms with van der Waals surface area (Å²) in [5.41, 5.74) is 2.18. The molecule has 0 saturated heterocycles. The zero-order chi connectivity index (χ0) is 16.6. The van der Waals surface area contributed by atoms with E-state index in [-0.39, 0.29) is 4.90 Å². The standard InChI is InChI=1S/C17H13FN2O2S/c1-2-12-3-6-14(7-4-12)20-11-15(10-19)23(21,22)17-9-13(18)5-8-16(17)20/h3-9,11H,2H2,1H3. The van der Waals surface area contributed by atoms with E-state index in [0.29, 0.717) is 11.4 Å². The van der Waals surface area contributed by atoms with Crippen molar-refractivity contribution in [2.45, 2.75) is 18.2 Å². The molecule has 0 fully saturated rings. The van der Waals surface area contributed by atoms with Crippen LogP contribution < -0.4 is 4.90 Å². The van der Waals surface area contributed by atoms with E-state index in [4.69, 9.17) is 5.26 Å². The van der Waals surface area contributed by atoms with Crippen LogP contribution in [0, 0.1) is 17.1 Å². The van der Waals surface area contributed by atoms with Crippen LogP contribution in [-0.4, -0.2) is 8.42 Å². The number of rotatable bonds is 2. The fraction of sp³-hybridized carbons (Fsp3) is 0.118. The Hall–Kier alpha value is -2.65. The number of hydrogen-bond donors (Lipinski definition) is 0. The number of anilines is 2. The largest absolute Gasteiger partial charge is 0.314 e. The van der Waals surface area contributed by atoms with Crippen LogP contribution >= 0.6 is 0 Å². The van der Waals surface area contributed by atoms with Crippen molar-refractivity contribution in [3.63, 3.8) is 0 Å². The van der Waals surface area contributed by atoms with Crippen LogP contribution in [0.1, 0.15) is 12.5 Å². The first kappa shape index (κ1) is 15.3. The molecule has 0 radical (unpaired) electrons. The van der Waals surface area contributed by atoms with Crippen LogP contribution in [0.25, 0.3) is 0 Å². The third-order valence-corrected chi connectivity index (χ3v) is 5.42.